The third-order valence-electron chi connectivity index (χ3n) is 1.99. The summed E-state index contributed by atoms with van der Waals surface area (Å²) in [4.78, 5) is 22.2. The van der Waals surface area contributed by atoms with Gasteiger partial charge in [-0.2, -0.15) is 0 Å². The number of benzene rings is 1. The molecule has 0 bridgehead atoms. The van der Waals surface area contributed by atoms with Crippen molar-refractivity contribution in [3.63, 3.8) is 0 Å². The number of ether oxygens (including phenoxy) is 1. The predicted octanol–water partition coefficient (Wildman–Crippen LogP) is 1.74. The van der Waals surface area contributed by atoms with Gasteiger partial charge in [0.2, 0.25) is 5.91 Å². The van der Waals surface area contributed by atoms with Crippen LogP contribution in [-0.2, 0) is 16.1 Å². The Hall–Kier alpha value is -2.04. The van der Waals surface area contributed by atoms with E-state index in [1.54, 1.807) is 0 Å². The summed E-state index contributed by atoms with van der Waals surface area (Å²) in [6.45, 7) is 2.06. The molecular weight excluding hydrogens is 220 g/mol. The van der Waals surface area contributed by atoms with E-state index in [9.17, 15) is 9.59 Å². The highest BCUT2D eigenvalue weighted by Gasteiger charge is 2.04. The Morgan fingerprint density at radius 1 is 1.18 bits per heavy atom. The molecule has 0 unspecified atom stereocenters. The minimum Gasteiger partial charge on any atom is -0.443 e. The van der Waals surface area contributed by atoms with Gasteiger partial charge in [0, 0.05) is 6.42 Å². The third kappa shape index (κ3) is 5.55. The summed E-state index contributed by atoms with van der Waals surface area (Å²) in [5.41, 5.74) is 5.32. The Labute approximate surface area is 100 Å². The highest BCUT2D eigenvalue weighted by Crippen LogP contribution is 2.00. The van der Waals surface area contributed by atoms with Crippen LogP contribution >= 0.6 is 0 Å². The van der Waals surface area contributed by atoms with Crippen molar-refractivity contribution in [2.45, 2.75) is 26.4 Å². The highest BCUT2D eigenvalue weighted by atomic mass is 16.6. The molecule has 2 amide bonds. The zero-order valence-corrected chi connectivity index (χ0v) is 9.73. The summed E-state index contributed by atoms with van der Waals surface area (Å²) < 4.78 is 4.89. The van der Waals surface area contributed by atoms with Gasteiger partial charge < -0.3 is 4.74 Å². The highest BCUT2D eigenvalue weighted by molar-refractivity contribution is 5.78. The molecule has 0 aromatic heterocycles. The van der Waals surface area contributed by atoms with Crippen LogP contribution in [0.2, 0.25) is 0 Å². The fourth-order valence-corrected chi connectivity index (χ4v) is 1.17. The lowest BCUT2D eigenvalue weighted by atomic mass is 10.2. The molecular formula is C12H16N2O3. The van der Waals surface area contributed by atoms with Crippen molar-refractivity contribution < 1.29 is 14.3 Å². The smallest absolute Gasteiger partial charge is 0.426 e. The molecule has 0 saturated carbocycles. The van der Waals surface area contributed by atoms with Crippen LogP contribution in [0.3, 0.4) is 0 Å². The quantitative estimate of drug-likeness (QED) is 0.782. The van der Waals surface area contributed by atoms with Crippen molar-refractivity contribution in [2.75, 3.05) is 0 Å². The molecule has 2 N–H and O–H groups in total. The molecule has 5 nitrogen and oxygen atoms in total. The monoisotopic (exact) mass is 236 g/mol. The molecule has 92 valence electrons. The van der Waals surface area contributed by atoms with Crippen molar-refractivity contribution >= 4 is 12.0 Å². The van der Waals surface area contributed by atoms with Crippen LogP contribution in [0, 0.1) is 0 Å². The third-order valence-corrected chi connectivity index (χ3v) is 1.99. The molecule has 0 spiro atoms. The first-order valence-corrected chi connectivity index (χ1v) is 5.48. The maximum Gasteiger partial charge on any atom is 0.426 e. The Morgan fingerprint density at radius 2 is 1.88 bits per heavy atom. The van der Waals surface area contributed by atoms with Crippen LogP contribution < -0.4 is 10.9 Å². The van der Waals surface area contributed by atoms with Crippen LogP contribution in [0.15, 0.2) is 30.3 Å². The lowest BCUT2D eigenvalue weighted by Crippen LogP contribution is -2.41. The van der Waals surface area contributed by atoms with Gasteiger partial charge in [-0.15, -0.1) is 0 Å². The van der Waals surface area contributed by atoms with Crippen molar-refractivity contribution in [1.29, 1.82) is 0 Å². The Kier molecular flexibility index (Phi) is 5.57. The number of hydrazine groups is 1. The first-order valence-electron chi connectivity index (χ1n) is 5.48. The van der Waals surface area contributed by atoms with Crippen LogP contribution in [0.25, 0.3) is 0 Å². The number of carbonyl (C=O) groups excluding carboxylic acids is 2. The molecule has 5 heteroatoms. The number of hydrogen-bond donors (Lipinski definition) is 2. The molecule has 1 rings (SSSR count). The van der Waals surface area contributed by atoms with Crippen LogP contribution in [0.5, 0.6) is 0 Å². The molecule has 0 aliphatic heterocycles. The summed E-state index contributed by atoms with van der Waals surface area (Å²) in [5, 5.41) is 0. The Bertz CT molecular complexity index is 365. The SMILES string of the molecule is CCCC(=O)NNC(=O)OCc1ccccc1. The van der Waals surface area contributed by atoms with E-state index in [2.05, 4.69) is 10.9 Å². The van der Waals surface area contributed by atoms with E-state index in [0.29, 0.717) is 6.42 Å². The minimum absolute atomic E-state index is 0.177. The summed E-state index contributed by atoms with van der Waals surface area (Å²) in [6, 6.07) is 9.31. The van der Waals surface area contributed by atoms with Gasteiger partial charge in [0.25, 0.3) is 0 Å². The van der Waals surface area contributed by atoms with Crippen molar-refractivity contribution in [1.82, 2.24) is 10.9 Å². The van der Waals surface area contributed by atoms with Crippen LogP contribution in [0.1, 0.15) is 25.3 Å². The van der Waals surface area contributed by atoms with Gasteiger partial charge >= 0.3 is 6.09 Å². The summed E-state index contributed by atoms with van der Waals surface area (Å²) in [6.07, 6.45) is 0.434. The van der Waals surface area contributed by atoms with E-state index >= 15 is 0 Å². The lowest BCUT2D eigenvalue weighted by Gasteiger charge is -2.07. The molecule has 1 aromatic carbocycles. The molecule has 0 radical (unpaired) electrons. The summed E-state index contributed by atoms with van der Waals surface area (Å²) in [7, 11) is 0. The van der Waals surface area contributed by atoms with Crippen LogP contribution in [0.4, 0.5) is 4.79 Å². The molecule has 0 heterocycles. The van der Waals surface area contributed by atoms with Gasteiger partial charge in [0.05, 0.1) is 0 Å². The van der Waals surface area contributed by atoms with Gasteiger partial charge in [0.15, 0.2) is 0 Å². The van der Waals surface area contributed by atoms with E-state index < -0.39 is 6.09 Å². The molecule has 0 aliphatic carbocycles. The van der Waals surface area contributed by atoms with E-state index in [-0.39, 0.29) is 12.5 Å². The number of carbonyl (C=O) groups is 2. The van der Waals surface area contributed by atoms with E-state index in [4.69, 9.17) is 4.74 Å². The van der Waals surface area contributed by atoms with E-state index in [1.165, 1.54) is 0 Å². The maximum atomic E-state index is 11.2. The van der Waals surface area contributed by atoms with Crippen molar-refractivity contribution in [3.05, 3.63) is 35.9 Å². The van der Waals surface area contributed by atoms with E-state index in [1.807, 2.05) is 37.3 Å². The summed E-state index contributed by atoms with van der Waals surface area (Å²) in [5.74, 6) is -0.232. The number of amides is 2. The van der Waals surface area contributed by atoms with Gasteiger partial charge in [-0.3, -0.25) is 10.2 Å². The number of hydrogen-bond acceptors (Lipinski definition) is 3. The predicted molar refractivity (Wildman–Crippen MR) is 62.8 cm³/mol. The molecule has 0 atom stereocenters. The first kappa shape index (κ1) is 13.0. The lowest BCUT2D eigenvalue weighted by molar-refractivity contribution is -0.122. The number of nitrogens with one attached hydrogen (secondary N) is 2. The Balaban J connectivity index is 2.20. The fraction of sp³-hybridized carbons (Fsp3) is 0.333. The zero-order chi connectivity index (χ0) is 12.5. The largest absolute Gasteiger partial charge is 0.443 e. The summed E-state index contributed by atoms with van der Waals surface area (Å²) >= 11 is 0. The van der Waals surface area contributed by atoms with E-state index in [0.717, 1.165) is 12.0 Å². The molecule has 17 heavy (non-hydrogen) atoms. The molecule has 1 aromatic rings. The van der Waals surface area contributed by atoms with Gasteiger partial charge in [0.1, 0.15) is 6.61 Å². The normalized spacial score (nSPS) is 9.47. The average molecular weight is 236 g/mol. The van der Waals surface area contributed by atoms with Gasteiger partial charge in [-0.1, -0.05) is 37.3 Å². The van der Waals surface area contributed by atoms with Gasteiger partial charge in [-0.05, 0) is 12.0 Å². The second-order valence-corrected chi connectivity index (χ2v) is 3.48. The second kappa shape index (κ2) is 7.27. The fourth-order valence-electron chi connectivity index (χ4n) is 1.17. The first-order chi connectivity index (χ1) is 8.22. The standard InChI is InChI=1S/C12H16N2O3/c1-2-6-11(15)13-14-12(16)17-9-10-7-4-3-5-8-10/h3-5,7-8H,2,6,9H2,1H3,(H,13,15)(H,14,16). The zero-order valence-electron chi connectivity index (χ0n) is 9.73. The number of rotatable bonds is 4. The molecule has 0 aliphatic rings. The van der Waals surface area contributed by atoms with Crippen molar-refractivity contribution in [3.8, 4) is 0 Å². The molecule has 0 fully saturated rings. The van der Waals surface area contributed by atoms with Crippen LogP contribution in [-0.4, -0.2) is 12.0 Å². The Morgan fingerprint density at radius 3 is 2.53 bits per heavy atom. The topological polar surface area (TPSA) is 67.4 Å². The molecule has 0 saturated heterocycles. The van der Waals surface area contributed by atoms with Crippen molar-refractivity contribution in [2.24, 2.45) is 0 Å². The minimum atomic E-state index is -0.668. The maximum absolute atomic E-state index is 11.2. The van der Waals surface area contributed by atoms with Gasteiger partial charge in [-0.25, -0.2) is 10.2 Å². The second-order valence-electron chi connectivity index (χ2n) is 3.48. The average Bonchev–Trinajstić information content (AvgIpc) is 2.35.